The van der Waals surface area contributed by atoms with Crippen LogP contribution in [0.3, 0.4) is 0 Å². The van der Waals surface area contributed by atoms with Crippen LogP contribution >= 0.6 is 11.6 Å². The Hall–Kier alpha value is -0.860. The molecule has 1 fully saturated rings. The standard InChI is InChI=1S/C13H20ClN3O3S/c1-10-12(14)8-11(9-13(10)15)21(19,20)17-4-2-16(3-5-17)6-7-18/h8-9,18H,2-7,15H2,1H3. The molecule has 1 heterocycles. The largest absolute Gasteiger partial charge is 0.398 e. The van der Waals surface area contributed by atoms with Gasteiger partial charge in [-0.25, -0.2) is 8.42 Å². The first-order valence-corrected chi connectivity index (χ1v) is 8.57. The molecule has 1 saturated heterocycles. The van der Waals surface area contributed by atoms with E-state index in [0.717, 1.165) is 0 Å². The molecular weight excluding hydrogens is 314 g/mol. The van der Waals surface area contributed by atoms with Crippen LogP contribution in [-0.4, -0.2) is 62.1 Å². The lowest BCUT2D eigenvalue weighted by molar-refractivity contribution is 0.151. The minimum atomic E-state index is -3.58. The quantitative estimate of drug-likeness (QED) is 0.785. The molecule has 1 aliphatic rings. The van der Waals surface area contributed by atoms with Gasteiger partial charge in [-0.2, -0.15) is 4.31 Å². The molecule has 6 nitrogen and oxygen atoms in total. The topological polar surface area (TPSA) is 86.9 Å². The van der Waals surface area contributed by atoms with Gasteiger partial charge in [0.05, 0.1) is 11.5 Å². The van der Waals surface area contributed by atoms with Crippen LogP contribution in [0, 0.1) is 6.92 Å². The summed E-state index contributed by atoms with van der Waals surface area (Å²) in [5, 5.41) is 9.26. The Morgan fingerprint density at radius 3 is 2.43 bits per heavy atom. The van der Waals surface area contributed by atoms with Crippen molar-refractivity contribution >= 4 is 27.3 Å². The van der Waals surface area contributed by atoms with Gasteiger partial charge in [-0.05, 0) is 24.6 Å². The highest BCUT2D eigenvalue weighted by Gasteiger charge is 2.29. The Balaban J connectivity index is 2.20. The number of hydrogen-bond acceptors (Lipinski definition) is 5. The maximum atomic E-state index is 12.6. The first-order valence-electron chi connectivity index (χ1n) is 6.75. The summed E-state index contributed by atoms with van der Waals surface area (Å²) in [7, 11) is -3.58. The van der Waals surface area contributed by atoms with Crippen LogP contribution in [0.15, 0.2) is 17.0 Å². The molecule has 118 valence electrons. The Labute approximate surface area is 130 Å². The van der Waals surface area contributed by atoms with Crippen molar-refractivity contribution in [3.05, 3.63) is 22.7 Å². The Bertz CT molecular complexity index is 590. The van der Waals surface area contributed by atoms with Crippen LogP contribution in [0.1, 0.15) is 5.56 Å². The molecule has 0 amide bonds. The number of benzene rings is 1. The lowest BCUT2D eigenvalue weighted by Gasteiger charge is -2.33. The second-order valence-corrected chi connectivity index (χ2v) is 7.43. The smallest absolute Gasteiger partial charge is 0.243 e. The molecular formula is C13H20ClN3O3S. The van der Waals surface area contributed by atoms with E-state index in [2.05, 4.69) is 0 Å². The Morgan fingerprint density at radius 2 is 1.90 bits per heavy atom. The fourth-order valence-electron chi connectivity index (χ4n) is 2.31. The maximum Gasteiger partial charge on any atom is 0.243 e. The number of nitrogen functional groups attached to an aromatic ring is 1. The Kier molecular flexibility index (Phi) is 5.11. The van der Waals surface area contributed by atoms with Gasteiger partial charge in [0, 0.05) is 43.4 Å². The van der Waals surface area contributed by atoms with E-state index in [1.54, 1.807) is 6.92 Å². The van der Waals surface area contributed by atoms with Gasteiger partial charge in [0.15, 0.2) is 0 Å². The van der Waals surface area contributed by atoms with Gasteiger partial charge in [-0.1, -0.05) is 11.6 Å². The second kappa shape index (κ2) is 6.50. The SMILES string of the molecule is Cc1c(N)cc(S(=O)(=O)N2CCN(CCO)CC2)cc1Cl. The van der Waals surface area contributed by atoms with E-state index >= 15 is 0 Å². The molecule has 8 heteroatoms. The molecule has 0 aromatic heterocycles. The molecule has 0 aliphatic carbocycles. The van der Waals surface area contributed by atoms with Gasteiger partial charge in [0.2, 0.25) is 10.0 Å². The van der Waals surface area contributed by atoms with Crippen LogP contribution in [0.25, 0.3) is 0 Å². The summed E-state index contributed by atoms with van der Waals surface area (Å²) in [5.41, 5.74) is 6.86. The zero-order chi connectivity index (χ0) is 15.6. The molecule has 21 heavy (non-hydrogen) atoms. The van der Waals surface area contributed by atoms with E-state index in [1.807, 2.05) is 4.90 Å². The van der Waals surface area contributed by atoms with Crippen LogP contribution in [0.5, 0.6) is 0 Å². The highest BCUT2D eigenvalue weighted by atomic mass is 35.5. The average Bonchev–Trinajstić information content (AvgIpc) is 2.45. The zero-order valence-electron chi connectivity index (χ0n) is 11.9. The van der Waals surface area contributed by atoms with Crippen molar-refractivity contribution in [1.82, 2.24) is 9.21 Å². The third-order valence-corrected chi connectivity index (χ3v) is 6.01. The summed E-state index contributed by atoms with van der Waals surface area (Å²) < 4.78 is 26.7. The van der Waals surface area contributed by atoms with Crippen LogP contribution in [0.2, 0.25) is 5.02 Å². The number of halogens is 1. The molecule has 0 radical (unpaired) electrons. The van der Waals surface area contributed by atoms with Crippen molar-refractivity contribution in [1.29, 1.82) is 0 Å². The molecule has 1 aromatic carbocycles. The van der Waals surface area contributed by atoms with E-state index in [0.29, 0.717) is 49.0 Å². The highest BCUT2D eigenvalue weighted by molar-refractivity contribution is 7.89. The van der Waals surface area contributed by atoms with Gasteiger partial charge in [-0.15, -0.1) is 0 Å². The number of hydrogen-bond donors (Lipinski definition) is 2. The molecule has 0 atom stereocenters. The van der Waals surface area contributed by atoms with Crippen molar-refractivity contribution in [3.8, 4) is 0 Å². The molecule has 0 bridgehead atoms. The third-order valence-electron chi connectivity index (χ3n) is 3.74. The van der Waals surface area contributed by atoms with E-state index in [1.165, 1.54) is 16.4 Å². The summed E-state index contributed by atoms with van der Waals surface area (Å²) in [4.78, 5) is 2.16. The predicted molar refractivity (Wildman–Crippen MR) is 82.9 cm³/mol. The lowest BCUT2D eigenvalue weighted by Crippen LogP contribution is -2.49. The van der Waals surface area contributed by atoms with Crippen LogP contribution < -0.4 is 5.73 Å². The molecule has 0 saturated carbocycles. The zero-order valence-corrected chi connectivity index (χ0v) is 13.5. The normalized spacial score (nSPS) is 18.0. The second-order valence-electron chi connectivity index (χ2n) is 5.09. The minimum absolute atomic E-state index is 0.0802. The number of nitrogens with two attached hydrogens (primary N) is 1. The molecule has 1 aliphatic heterocycles. The lowest BCUT2D eigenvalue weighted by atomic mass is 10.2. The van der Waals surface area contributed by atoms with E-state index in [-0.39, 0.29) is 11.5 Å². The number of aliphatic hydroxyl groups excluding tert-OH is 1. The van der Waals surface area contributed by atoms with Crippen LogP contribution in [-0.2, 0) is 10.0 Å². The number of anilines is 1. The van der Waals surface area contributed by atoms with Gasteiger partial charge < -0.3 is 10.8 Å². The summed E-state index contributed by atoms with van der Waals surface area (Å²) in [6.45, 7) is 4.40. The highest BCUT2D eigenvalue weighted by Crippen LogP contribution is 2.28. The van der Waals surface area contributed by atoms with Crippen molar-refractivity contribution in [2.24, 2.45) is 0 Å². The summed E-state index contributed by atoms with van der Waals surface area (Å²) in [6, 6.07) is 2.90. The summed E-state index contributed by atoms with van der Waals surface area (Å²) in [6.07, 6.45) is 0. The molecule has 0 spiro atoms. The third kappa shape index (κ3) is 3.49. The first-order chi connectivity index (χ1) is 9.86. The fraction of sp³-hybridized carbons (Fsp3) is 0.538. The molecule has 2 rings (SSSR count). The number of sulfonamides is 1. The van der Waals surface area contributed by atoms with Gasteiger partial charge in [0.25, 0.3) is 0 Å². The van der Waals surface area contributed by atoms with Crippen LogP contribution in [0.4, 0.5) is 5.69 Å². The van der Waals surface area contributed by atoms with Gasteiger partial charge in [0.1, 0.15) is 0 Å². The first kappa shape index (κ1) is 16.5. The summed E-state index contributed by atoms with van der Waals surface area (Å²) >= 11 is 6.03. The van der Waals surface area contributed by atoms with Crippen molar-refractivity contribution in [3.63, 3.8) is 0 Å². The number of nitrogens with zero attached hydrogens (tertiary/aromatic N) is 2. The molecule has 1 aromatic rings. The number of aliphatic hydroxyl groups is 1. The number of piperazine rings is 1. The van der Waals surface area contributed by atoms with Crippen molar-refractivity contribution in [2.75, 3.05) is 45.1 Å². The van der Waals surface area contributed by atoms with E-state index < -0.39 is 10.0 Å². The number of β-amino-alcohol motifs (C(OH)–C–C–N with tert-alkyl or cyclic N) is 1. The van der Waals surface area contributed by atoms with Gasteiger partial charge in [-0.3, -0.25) is 4.90 Å². The minimum Gasteiger partial charge on any atom is -0.398 e. The van der Waals surface area contributed by atoms with E-state index in [4.69, 9.17) is 22.4 Å². The number of rotatable bonds is 4. The fourth-order valence-corrected chi connectivity index (χ4v) is 4.08. The maximum absolute atomic E-state index is 12.6. The van der Waals surface area contributed by atoms with Crippen molar-refractivity contribution < 1.29 is 13.5 Å². The predicted octanol–water partition coefficient (Wildman–Crippen LogP) is 0.529. The van der Waals surface area contributed by atoms with Gasteiger partial charge >= 0.3 is 0 Å². The molecule has 0 unspecified atom stereocenters. The average molecular weight is 334 g/mol. The Morgan fingerprint density at radius 1 is 1.29 bits per heavy atom. The van der Waals surface area contributed by atoms with E-state index in [9.17, 15) is 8.42 Å². The monoisotopic (exact) mass is 333 g/mol. The molecule has 3 N–H and O–H groups in total. The van der Waals surface area contributed by atoms with Crippen molar-refractivity contribution in [2.45, 2.75) is 11.8 Å². The summed E-state index contributed by atoms with van der Waals surface area (Å²) in [5.74, 6) is 0.